The zero-order chi connectivity index (χ0) is 20.2. The van der Waals surface area contributed by atoms with E-state index in [4.69, 9.17) is 16.3 Å². The summed E-state index contributed by atoms with van der Waals surface area (Å²) < 4.78 is 19.0. The summed E-state index contributed by atoms with van der Waals surface area (Å²) in [6, 6.07) is 17.5. The van der Waals surface area contributed by atoms with Crippen LogP contribution >= 0.6 is 11.6 Å². The average Bonchev–Trinajstić information content (AvgIpc) is 2.73. The molecule has 0 unspecified atom stereocenters. The third-order valence-corrected chi connectivity index (χ3v) is 4.70. The largest absolute Gasteiger partial charge is 0.487 e. The molecule has 0 radical (unpaired) electrons. The molecule has 0 atom stereocenters. The van der Waals surface area contributed by atoms with Crippen LogP contribution < -0.4 is 15.4 Å². The van der Waals surface area contributed by atoms with E-state index >= 15 is 0 Å². The lowest BCUT2D eigenvalue weighted by molar-refractivity contribution is 0.306. The van der Waals surface area contributed by atoms with Crippen molar-refractivity contribution in [3.8, 4) is 5.75 Å². The van der Waals surface area contributed by atoms with Gasteiger partial charge in [0.25, 0.3) is 0 Å². The van der Waals surface area contributed by atoms with Crippen LogP contribution in [0.4, 0.5) is 21.6 Å². The van der Waals surface area contributed by atoms with Crippen LogP contribution in [0, 0.1) is 5.82 Å². The molecule has 4 aromatic rings. The van der Waals surface area contributed by atoms with Crippen LogP contribution in [0.15, 0.2) is 67.0 Å². The van der Waals surface area contributed by atoms with Gasteiger partial charge in [0.15, 0.2) is 0 Å². The first kappa shape index (κ1) is 19.0. The van der Waals surface area contributed by atoms with Gasteiger partial charge < -0.3 is 15.4 Å². The Morgan fingerprint density at radius 2 is 1.86 bits per heavy atom. The molecule has 0 aliphatic carbocycles. The Morgan fingerprint density at radius 1 is 1.00 bits per heavy atom. The zero-order valence-electron chi connectivity index (χ0n) is 15.6. The summed E-state index contributed by atoms with van der Waals surface area (Å²) in [4.78, 5) is 8.65. The Bertz CT molecular complexity index is 1170. The van der Waals surface area contributed by atoms with Crippen molar-refractivity contribution in [2.24, 2.45) is 0 Å². The number of hydrogen-bond acceptors (Lipinski definition) is 5. The molecule has 0 saturated carbocycles. The van der Waals surface area contributed by atoms with Gasteiger partial charge in [-0.25, -0.2) is 14.4 Å². The molecule has 0 spiro atoms. The first-order valence-electron chi connectivity index (χ1n) is 8.99. The van der Waals surface area contributed by atoms with Crippen molar-refractivity contribution in [2.45, 2.75) is 6.61 Å². The van der Waals surface area contributed by atoms with Crippen LogP contribution in [-0.2, 0) is 6.61 Å². The van der Waals surface area contributed by atoms with Crippen LogP contribution in [0.25, 0.3) is 10.9 Å². The zero-order valence-corrected chi connectivity index (χ0v) is 16.4. The standard InChI is InChI=1S/C22H18ClFN4O/c1-25-16-5-7-20-18(10-16)22(27-13-26-20)28-17-6-8-21(19(23)11-17)29-12-14-3-2-4-15(24)9-14/h2-11,13,25H,12H2,1H3,(H,26,27,28). The van der Waals surface area contributed by atoms with E-state index in [9.17, 15) is 4.39 Å². The van der Waals surface area contributed by atoms with Crippen molar-refractivity contribution >= 4 is 39.7 Å². The van der Waals surface area contributed by atoms with E-state index < -0.39 is 0 Å². The predicted octanol–water partition coefficient (Wildman–Crippen LogP) is 5.79. The average molecular weight is 409 g/mol. The number of rotatable bonds is 6. The normalized spacial score (nSPS) is 10.7. The molecule has 0 bridgehead atoms. The molecule has 0 aliphatic rings. The summed E-state index contributed by atoms with van der Waals surface area (Å²) >= 11 is 6.38. The number of nitrogens with one attached hydrogen (secondary N) is 2. The number of fused-ring (bicyclic) bond motifs is 1. The molecule has 5 nitrogen and oxygen atoms in total. The Morgan fingerprint density at radius 3 is 2.66 bits per heavy atom. The van der Waals surface area contributed by atoms with Crippen LogP contribution in [-0.4, -0.2) is 17.0 Å². The molecular weight excluding hydrogens is 391 g/mol. The maximum atomic E-state index is 13.3. The molecule has 7 heteroatoms. The number of benzene rings is 3. The van der Waals surface area contributed by atoms with Gasteiger partial charge in [0.2, 0.25) is 0 Å². The van der Waals surface area contributed by atoms with Gasteiger partial charge >= 0.3 is 0 Å². The van der Waals surface area contributed by atoms with Gasteiger partial charge in [0.1, 0.15) is 30.3 Å². The Balaban J connectivity index is 1.53. The summed E-state index contributed by atoms with van der Waals surface area (Å²) in [7, 11) is 1.86. The molecule has 0 saturated heterocycles. The molecule has 3 aromatic carbocycles. The lowest BCUT2D eigenvalue weighted by Crippen LogP contribution is -1.99. The second kappa shape index (κ2) is 8.32. The fourth-order valence-corrected chi connectivity index (χ4v) is 3.17. The number of halogens is 2. The summed E-state index contributed by atoms with van der Waals surface area (Å²) in [6.45, 7) is 0.230. The summed E-state index contributed by atoms with van der Waals surface area (Å²) in [5.41, 5.74) is 3.30. The molecule has 0 aliphatic heterocycles. The van der Waals surface area contributed by atoms with Gasteiger partial charge in [-0.15, -0.1) is 0 Å². The predicted molar refractivity (Wildman–Crippen MR) is 115 cm³/mol. The fourth-order valence-electron chi connectivity index (χ4n) is 2.93. The number of nitrogens with zero attached hydrogens (tertiary/aromatic N) is 2. The van der Waals surface area contributed by atoms with E-state index in [-0.39, 0.29) is 12.4 Å². The minimum absolute atomic E-state index is 0.230. The molecule has 146 valence electrons. The highest BCUT2D eigenvalue weighted by atomic mass is 35.5. The van der Waals surface area contributed by atoms with Gasteiger partial charge in [-0.05, 0) is 54.1 Å². The molecule has 4 rings (SSSR count). The van der Waals surface area contributed by atoms with Crippen molar-refractivity contribution in [3.63, 3.8) is 0 Å². The van der Waals surface area contributed by atoms with Crippen LogP contribution in [0.2, 0.25) is 5.02 Å². The molecule has 0 fully saturated rings. The highest BCUT2D eigenvalue weighted by Gasteiger charge is 2.08. The highest BCUT2D eigenvalue weighted by molar-refractivity contribution is 6.32. The van der Waals surface area contributed by atoms with Gasteiger partial charge in [-0.3, -0.25) is 0 Å². The number of ether oxygens (including phenoxy) is 1. The molecule has 29 heavy (non-hydrogen) atoms. The molecule has 1 heterocycles. The van der Waals surface area contributed by atoms with Crippen molar-refractivity contribution < 1.29 is 9.13 Å². The number of hydrogen-bond donors (Lipinski definition) is 2. The Hall–Kier alpha value is -3.38. The van der Waals surface area contributed by atoms with E-state index in [0.717, 1.165) is 27.8 Å². The van der Waals surface area contributed by atoms with E-state index in [2.05, 4.69) is 20.6 Å². The first-order chi connectivity index (χ1) is 14.1. The van der Waals surface area contributed by atoms with E-state index in [1.807, 2.05) is 31.3 Å². The lowest BCUT2D eigenvalue weighted by Gasteiger charge is -2.12. The van der Waals surface area contributed by atoms with Crippen molar-refractivity contribution in [3.05, 3.63) is 83.4 Å². The first-order valence-corrected chi connectivity index (χ1v) is 9.36. The topological polar surface area (TPSA) is 59.1 Å². The van der Waals surface area contributed by atoms with E-state index in [1.54, 1.807) is 24.3 Å². The van der Waals surface area contributed by atoms with Gasteiger partial charge in [-0.1, -0.05) is 23.7 Å². The van der Waals surface area contributed by atoms with Crippen molar-refractivity contribution in [1.29, 1.82) is 0 Å². The summed E-state index contributed by atoms with van der Waals surface area (Å²) in [5, 5.41) is 7.73. The van der Waals surface area contributed by atoms with Crippen LogP contribution in [0.5, 0.6) is 5.75 Å². The highest BCUT2D eigenvalue weighted by Crippen LogP contribution is 2.31. The Kier molecular flexibility index (Phi) is 5.44. The SMILES string of the molecule is CNc1ccc2ncnc(Nc3ccc(OCc4cccc(F)c4)c(Cl)c3)c2c1. The monoisotopic (exact) mass is 408 g/mol. The maximum absolute atomic E-state index is 13.3. The Labute approximate surface area is 172 Å². The molecule has 1 aromatic heterocycles. The van der Waals surface area contributed by atoms with E-state index in [0.29, 0.717) is 16.6 Å². The maximum Gasteiger partial charge on any atom is 0.141 e. The second-order valence-electron chi connectivity index (χ2n) is 6.39. The summed E-state index contributed by atoms with van der Waals surface area (Å²) in [5.74, 6) is 0.901. The fraction of sp³-hybridized carbons (Fsp3) is 0.0909. The number of anilines is 3. The quantitative estimate of drug-likeness (QED) is 0.423. The second-order valence-corrected chi connectivity index (χ2v) is 6.80. The van der Waals surface area contributed by atoms with Gasteiger partial charge in [-0.2, -0.15) is 0 Å². The molecule has 0 amide bonds. The van der Waals surface area contributed by atoms with Crippen LogP contribution in [0.3, 0.4) is 0 Å². The van der Waals surface area contributed by atoms with Crippen molar-refractivity contribution in [1.82, 2.24) is 9.97 Å². The van der Waals surface area contributed by atoms with Gasteiger partial charge in [0.05, 0.1) is 10.5 Å². The van der Waals surface area contributed by atoms with Crippen molar-refractivity contribution in [2.75, 3.05) is 17.7 Å². The minimum Gasteiger partial charge on any atom is -0.487 e. The van der Waals surface area contributed by atoms with Crippen LogP contribution in [0.1, 0.15) is 5.56 Å². The van der Waals surface area contributed by atoms with Gasteiger partial charge in [0, 0.05) is 23.8 Å². The third kappa shape index (κ3) is 4.38. The molecular formula is C22H18ClFN4O. The minimum atomic E-state index is -0.296. The van der Waals surface area contributed by atoms with E-state index in [1.165, 1.54) is 18.5 Å². The summed E-state index contributed by atoms with van der Waals surface area (Å²) in [6.07, 6.45) is 1.52. The molecule has 2 N–H and O–H groups in total. The number of aromatic nitrogens is 2. The lowest BCUT2D eigenvalue weighted by atomic mass is 10.2. The smallest absolute Gasteiger partial charge is 0.141 e. The third-order valence-electron chi connectivity index (χ3n) is 4.40.